The standard InChI is InChI=1S/C21H37N7O6/c1-11(2)16(19(31)26-15(21(33)34)8-13-9-24-10-25-13)27-20(32)17(12(3)29)28-18(30)14(23)6-4-5-7-22/h9-12,14-17,29H,4-8,22-23H2,1-3H3,(H,24,25)(H,26,31)(H,27,32)(H,28,30)(H,33,34). The molecule has 1 heterocycles. The number of H-pyrrole nitrogens is 1. The second-order valence-electron chi connectivity index (χ2n) is 8.53. The van der Waals surface area contributed by atoms with E-state index in [0.29, 0.717) is 31.5 Å². The zero-order chi connectivity index (χ0) is 25.8. The molecule has 0 radical (unpaired) electrons. The minimum Gasteiger partial charge on any atom is -0.480 e. The van der Waals surface area contributed by atoms with E-state index in [9.17, 15) is 29.4 Å². The normalized spacial score (nSPS) is 15.6. The van der Waals surface area contributed by atoms with E-state index in [4.69, 9.17) is 11.5 Å². The van der Waals surface area contributed by atoms with Crippen molar-refractivity contribution in [1.29, 1.82) is 0 Å². The molecule has 0 saturated carbocycles. The van der Waals surface area contributed by atoms with Crippen LogP contribution in [0.1, 0.15) is 45.7 Å². The lowest BCUT2D eigenvalue weighted by atomic mass is 10.0. The summed E-state index contributed by atoms with van der Waals surface area (Å²) in [6.45, 7) is 5.12. The van der Waals surface area contributed by atoms with Crippen molar-refractivity contribution in [2.45, 2.75) is 76.7 Å². The minimum absolute atomic E-state index is 0.0335. The zero-order valence-corrected chi connectivity index (χ0v) is 19.8. The van der Waals surface area contributed by atoms with Gasteiger partial charge < -0.3 is 42.6 Å². The summed E-state index contributed by atoms with van der Waals surface area (Å²) < 4.78 is 0. The van der Waals surface area contributed by atoms with E-state index in [0.717, 1.165) is 0 Å². The molecule has 0 aromatic carbocycles. The van der Waals surface area contributed by atoms with Crippen LogP contribution >= 0.6 is 0 Å². The third kappa shape index (κ3) is 9.45. The van der Waals surface area contributed by atoms with E-state index >= 15 is 0 Å². The van der Waals surface area contributed by atoms with Gasteiger partial charge in [0.1, 0.15) is 18.1 Å². The van der Waals surface area contributed by atoms with Gasteiger partial charge in [0, 0.05) is 18.3 Å². The molecule has 1 rings (SSSR count). The number of aromatic nitrogens is 2. The van der Waals surface area contributed by atoms with Crippen LogP contribution in [0, 0.1) is 5.92 Å². The Kier molecular flexibility index (Phi) is 12.2. The highest BCUT2D eigenvalue weighted by atomic mass is 16.4. The number of rotatable bonds is 15. The molecule has 5 unspecified atom stereocenters. The number of amides is 3. The summed E-state index contributed by atoms with van der Waals surface area (Å²) in [5.74, 6) is -3.81. The number of nitrogens with two attached hydrogens (primary N) is 2. The Bertz CT molecular complexity index is 800. The fraction of sp³-hybridized carbons (Fsp3) is 0.667. The van der Waals surface area contributed by atoms with Crippen LogP contribution in [0.2, 0.25) is 0 Å². The number of nitrogens with one attached hydrogen (secondary N) is 4. The SMILES string of the molecule is CC(C)C(NC(=O)C(NC(=O)C(N)CCCCN)C(C)O)C(=O)NC(Cc1cnc[nH]1)C(=O)O. The molecule has 13 nitrogen and oxygen atoms in total. The molecule has 34 heavy (non-hydrogen) atoms. The molecular weight excluding hydrogens is 446 g/mol. The van der Waals surface area contributed by atoms with Crippen molar-refractivity contribution in [2.24, 2.45) is 17.4 Å². The molecule has 3 amide bonds. The molecule has 10 N–H and O–H groups in total. The van der Waals surface area contributed by atoms with Gasteiger partial charge in [-0.2, -0.15) is 0 Å². The van der Waals surface area contributed by atoms with E-state index in [1.54, 1.807) is 13.8 Å². The van der Waals surface area contributed by atoms with Gasteiger partial charge in [0.25, 0.3) is 0 Å². The van der Waals surface area contributed by atoms with Crippen LogP contribution in [-0.4, -0.2) is 80.7 Å². The number of imidazole rings is 1. The Hall–Kier alpha value is -3.03. The molecule has 0 aliphatic carbocycles. The molecule has 0 bridgehead atoms. The number of hydrogen-bond donors (Lipinski definition) is 8. The summed E-state index contributed by atoms with van der Waals surface area (Å²) in [4.78, 5) is 56.3. The topological polar surface area (TPSA) is 226 Å². The predicted octanol–water partition coefficient (Wildman–Crippen LogP) is -2.02. The first kappa shape index (κ1) is 29.0. The smallest absolute Gasteiger partial charge is 0.326 e. The number of aliphatic hydroxyl groups excluding tert-OH is 1. The number of carboxylic acids is 1. The van der Waals surface area contributed by atoms with Crippen LogP contribution < -0.4 is 27.4 Å². The number of nitrogens with zero attached hydrogens (tertiary/aromatic N) is 1. The van der Waals surface area contributed by atoms with Crippen molar-refractivity contribution in [3.8, 4) is 0 Å². The number of unbranched alkanes of at least 4 members (excludes halogenated alkanes) is 1. The third-order valence-electron chi connectivity index (χ3n) is 5.21. The van der Waals surface area contributed by atoms with Gasteiger partial charge >= 0.3 is 5.97 Å². The van der Waals surface area contributed by atoms with Crippen LogP contribution in [0.5, 0.6) is 0 Å². The average Bonchev–Trinajstić information content (AvgIpc) is 3.27. The number of carbonyl (C=O) groups excluding carboxylic acids is 3. The number of carboxylic acid groups (broad SMARTS) is 1. The van der Waals surface area contributed by atoms with Gasteiger partial charge in [0.05, 0.1) is 18.5 Å². The number of aliphatic carboxylic acids is 1. The van der Waals surface area contributed by atoms with Gasteiger partial charge in [-0.15, -0.1) is 0 Å². The monoisotopic (exact) mass is 483 g/mol. The van der Waals surface area contributed by atoms with Crippen molar-refractivity contribution >= 4 is 23.7 Å². The lowest BCUT2D eigenvalue weighted by Gasteiger charge is -2.28. The number of aliphatic hydroxyl groups is 1. The molecule has 192 valence electrons. The molecule has 1 aromatic rings. The van der Waals surface area contributed by atoms with E-state index < -0.39 is 59.9 Å². The Labute approximate surface area is 198 Å². The van der Waals surface area contributed by atoms with E-state index in [2.05, 4.69) is 25.9 Å². The summed E-state index contributed by atoms with van der Waals surface area (Å²) in [5, 5.41) is 26.9. The maximum atomic E-state index is 12.8. The van der Waals surface area contributed by atoms with Gasteiger partial charge in [-0.05, 0) is 32.2 Å². The van der Waals surface area contributed by atoms with Crippen molar-refractivity contribution in [3.05, 3.63) is 18.2 Å². The second-order valence-corrected chi connectivity index (χ2v) is 8.53. The van der Waals surface area contributed by atoms with Gasteiger partial charge in [-0.1, -0.05) is 20.3 Å². The Morgan fingerprint density at radius 3 is 2.15 bits per heavy atom. The molecule has 5 atom stereocenters. The first-order chi connectivity index (χ1) is 16.0. The van der Waals surface area contributed by atoms with E-state index in [1.807, 2.05) is 0 Å². The highest BCUT2D eigenvalue weighted by Crippen LogP contribution is 2.07. The van der Waals surface area contributed by atoms with Crippen LogP contribution in [-0.2, 0) is 25.6 Å². The van der Waals surface area contributed by atoms with Gasteiger partial charge in [-0.3, -0.25) is 14.4 Å². The lowest BCUT2D eigenvalue weighted by Crippen LogP contribution is -2.60. The highest BCUT2D eigenvalue weighted by molar-refractivity contribution is 5.94. The summed E-state index contributed by atoms with van der Waals surface area (Å²) in [6, 6.07) is -4.62. The van der Waals surface area contributed by atoms with Crippen molar-refractivity contribution < 1.29 is 29.4 Å². The van der Waals surface area contributed by atoms with Gasteiger partial charge in [0.2, 0.25) is 17.7 Å². The summed E-state index contributed by atoms with van der Waals surface area (Å²) in [6.07, 6.45) is 3.22. The third-order valence-corrected chi connectivity index (χ3v) is 5.21. The maximum absolute atomic E-state index is 12.8. The molecule has 0 spiro atoms. The first-order valence-corrected chi connectivity index (χ1v) is 11.2. The minimum atomic E-state index is -1.36. The van der Waals surface area contributed by atoms with E-state index in [-0.39, 0.29) is 6.42 Å². The maximum Gasteiger partial charge on any atom is 0.326 e. The summed E-state index contributed by atoms with van der Waals surface area (Å²) >= 11 is 0. The molecule has 13 heteroatoms. The fourth-order valence-corrected chi connectivity index (χ4v) is 3.16. The number of hydrogen-bond acceptors (Lipinski definition) is 8. The van der Waals surface area contributed by atoms with Crippen LogP contribution in [0.25, 0.3) is 0 Å². The molecule has 0 aliphatic rings. The van der Waals surface area contributed by atoms with Crippen LogP contribution in [0.15, 0.2) is 12.5 Å². The van der Waals surface area contributed by atoms with Crippen LogP contribution in [0.4, 0.5) is 0 Å². The van der Waals surface area contributed by atoms with Crippen molar-refractivity contribution in [3.63, 3.8) is 0 Å². The molecular formula is C21H37N7O6. The molecule has 1 aromatic heterocycles. The Morgan fingerprint density at radius 1 is 1.03 bits per heavy atom. The second kappa shape index (κ2) is 14.3. The highest BCUT2D eigenvalue weighted by Gasteiger charge is 2.33. The average molecular weight is 484 g/mol. The first-order valence-electron chi connectivity index (χ1n) is 11.2. The van der Waals surface area contributed by atoms with Crippen molar-refractivity contribution in [1.82, 2.24) is 25.9 Å². The zero-order valence-electron chi connectivity index (χ0n) is 19.8. The number of aromatic amines is 1. The Balaban J connectivity index is 2.85. The van der Waals surface area contributed by atoms with Crippen LogP contribution in [0.3, 0.4) is 0 Å². The Morgan fingerprint density at radius 2 is 1.65 bits per heavy atom. The quantitative estimate of drug-likeness (QED) is 0.129. The van der Waals surface area contributed by atoms with Crippen molar-refractivity contribution in [2.75, 3.05) is 6.54 Å². The van der Waals surface area contributed by atoms with E-state index in [1.165, 1.54) is 19.4 Å². The van der Waals surface area contributed by atoms with Gasteiger partial charge in [-0.25, -0.2) is 9.78 Å². The molecule has 0 aliphatic heterocycles. The van der Waals surface area contributed by atoms with Gasteiger partial charge in [0.15, 0.2) is 0 Å². The summed E-state index contributed by atoms with van der Waals surface area (Å²) in [5.41, 5.74) is 11.8. The molecule has 0 fully saturated rings. The molecule has 0 saturated heterocycles. The number of carbonyl (C=O) groups is 4. The lowest BCUT2D eigenvalue weighted by molar-refractivity contribution is -0.142. The fourth-order valence-electron chi connectivity index (χ4n) is 3.16. The summed E-state index contributed by atoms with van der Waals surface area (Å²) in [7, 11) is 0. The largest absolute Gasteiger partial charge is 0.480 e. The predicted molar refractivity (Wildman–Crippen MR) is 123 cm³/mol.